The molecule has 2 aromatic carbocycles. The standard InChI is InChI=1S/C26H30N4O2/c1-19(2)30(26(32)27-22-12-7-9-20(3)17-22)18-24(31)29-16-15-28-14-8-13-23(28)25(29)21-10-5-4-6-11-21/h4-14,17,19,25H,15-16,18H2,1-3H3,(H,27,32). The maximum atomic E-state index is 13.5. The Hall–Kier alpha value is -3.54. The van der Waals surface area contributed by atoms with Crippen molar-refractivity contribution in [2.75, 3.05) is 18.4 Å². The van der Waals surface area contributed by atoms with Crippen LogP contribution in [0.1, 0.15) is 36.7 Å². The van der Waals surface area contributed by atoms with E-state index in [0.29, 0.717) is 6.54 Å². The second kappa shape index (κ2) is 9.30. The summed E-state index contributed by atoms with van der Waals surface area (Å²) in [4.78, 5) is 30.1. The number of aromatic nitrogens is 1. The van der Waals surface area contributed by atoms with Crippen molar-refractivity contribution in [3.8, 4) is 0 Å². The summed E-state index contributed by atoms with van der Waals surface area (Å²) in [7, 11) is 0. The van der Waals surface area contributed by atoms with Crippen LogP contribution in [0.15, 0.2) is 72.9 Å². The number of nitrogens with zero attached hydrogens (tertiary/aromatic N) is 3. The third kappa shape index (κ3) is 4.54. The van der Waals surface area contributed by atoms with E-state index in [4.69, 9.17) is 0 Å². The molecule has 6 nitrogen and oxygen atoms in total. The number of carbonyl (C=O) groups excluding carboxylic acids is 2. The van der Waals surface area contributed by atoms with Gasteiger partial charge in [0.2, 0.25) is 5.91 Å². The van der Waals surface area contributed by atoms with Crippen molar-refractivity contribution in [1.82, 2.24) is 14.4 Å². The molecule has 1 aliphatic rings. The summed E-state index contributed by atoms with van der Waals surface area (Å²) in [5, 5.41) is 2.94. The summed E-state index contributed by atoms with van der Waals surface area (Å²) < 4.78 is 2.20. The van der Waals surface area contributed by atoms with Crippen LogP contribution in [0, 0.1) is 6.92 Å². The van der Waals surface area contributed by atoms with Gasteiger partial charge in [0.25, 0.3) is 0 Å². The van der Waals surface area contributed by atoms with Gasteiger partial charge in [-0.25, -0.2) is 4.79 Å². The van der Waals surface area contributed by atoms with Crippen LogP contribution in [0.3, 0.4) is 0 Å². The van der Waals surface area contributed by atoms with Crippen LogP contribution in [0.25, 0.3) is 0 Å². The maximum Gasteiger partial charge on any atom is 0.322 e. The molecule has 1 unspecified atom stereocenters. The Kier molecular flexibility index (Phi) is 6.30. The number of benzene rings is 2. The van der Waals surface area contributed by atoms with E-state index in [-0.39, 0.29) is 30.6 Å². The van der Waals surface area contributed by atoms with Gasteiger partial charge in [-0.2, -0.15) is 0 Å². The van der Waals surface area contributed by atoms with Crippen LogP contribution in [-0.4, -0.2) is 45.4 Å². The van der Waals surface area contributed by atoms with Crippen LogP contribution < -0.4 is 5.32 Å². The third-order valence-corrected chi connectivity index (χ3v) is 5.93. The van der Waals surface area contributed by atoms with Crippen molar-refractivity contribution in [3.05, 3.63) is 89.7 Å². The lowest BCUT2D eigenvalue weighted by molar-refractivity contribution is -0.134. The molecule has 0 spiro atoms. The van der Waals surface area contributed by atoms with Crippen molar-refractivity contribution in [1.29, 1.82) is 0 Å². The van der Waals surface area contributed by atoms with E-state index < -0.39 is 0 Å². The van der Waals surface area contributed by atoms with Gasteiger partial charge in [-0.1, -0.05) is 42.5 Å². The molecule has 2 heterocycles. The molecule has 0 bridgehead atoms. The van der Waals surface area contributed by atoms with Gasteiger partial charge in [-0.15, -0.1) is 0 Å². The van der Waals surface area contributed by atoms with Crippen LogP contribution in [0.4, 0.5) is 10.5 Å². The largest absolute Gasteiger partial charge is 0.348 e. The van der Waals surface area contributed by atoms with Crippen molar-refractivity contribution in [3.63, 3.8) is 0 Å². The molecule has 0 saturated heterocycles. The first-order chi connectivity index (χ1) is 15.4. The molecule has 1 atom stereocenters. The lowest BCUT2D eigenvalue weighted by atomic mass is 10.00. The Bertz CT molecular complexity index is 1090. The topological polar surface area (TPSA) is 57.6 Å². The highest BCUT2D eigenvalue weighted by atomic mass is 16.2. The number of carbonyl (C=O) groups is 2. The van der Waals surface area contributed by atoms with Crippen molar-refractivity contribution in [2.45, 2.75) is 39.4 Å². The molecule has 6 heteroatoms. The number of nitrogens with one attached hydrogen (secondary N) is 1. The van der Waals surface area contributed by atoms with E-state index in [0.717, 1.165) is 29.1 Å². The second-order valence-corrected chi connectivity index (χ2v) is 8.55. The quantitative estimate of drug-likeness (QED) is 0.639. The van der Waals surface area contributed by atoms with Gasteiger partial charge in [-0.05, 0) is 56.2 Å². The number of rotatable bonds is 5. The first-order valence-corrected chi connectivity index (χ1v) is 11.1. The number of fused-ring (bicyclic) bond motifs is 1. The van der Waals surface area contributed by atoms with Crippen molar-refractivity contribution < 1.29 is 9.59 Å². The van der Waals surface area contributed by atoms with E-state index >= 15 is 0 Å². The van der Waals surface area contributed by atoms with E-state index in [2.05, 4.69) is 34.3 Å². The Morgan fingerprint density at radius 3 is 2.53 bits per heavy atom. The molecule has 32 heavy (non-hydrogen) atoms. The van der Waals surface area contributed by atoms with Crippen LogP contribution in [-0.2, 0) is 11.3 Å². The van der Waals surface area contributed by atoms with Crippen molar-refractivity contribution >= 4 is 17.6 Å². The van der Waals surface area contributed by atoms with Gasteiger partial charge in [0.05, 0.1) is 6.04 Å². The molecular weight excluding hydrogens is 400 g/mol. The first-order valence-electron chi connectivity index (χ1n) is 11.1. The van der Waals surface area contributed by atoms with Gasteiger partial charge in [-0.3, -0.25) is 4.79 Å². The lowest BCUT2D eigenvalue weighted by Crippen LogP contribution is -2.50. The lowest BCUT2D eigenvalue weighted by Gasteiger charge is -2.39. The molecule has 1 aliphatic heterocycles. The molecule has 1 N–H and O–H groups in total. The molecule has 0 fully saturated rings. The molecule has 0 radical (unpaired) electrons. The summed E-state index contributed by atoms with van der Waals surface area (Å²) in [6, 6.07) is 21.3. The summed E-state index contributed by atoms with van der Waals surface area (Å²) in [5.74, 6) is -0.0561. The van der Waals surface area contributed by atoms with Crippen LogP contribution in [0.2, 0.25) is 0 Å². The minimum atomic E-state index is -0.268. The summed E-state index contributed by atoms with van der Waals surface area (Å²) in [6.45, 7) is 7.22. The third-order valence-electron chi connectivity index (χ3n) is 5.93. The first kappa shape index (κ1) is 21.7. The number of aryl methyl sites for hydroxylation is 1. The van der Waals surface area contributed by atoms with Gasteiger partial charge in [0, 0.05) is 36.7 Å². The predicted molar refractivity (Wildman–Crippen MR) is 126 cm³/mol. The summed E-state index contributed by atoms with van der Waals surface area (Å²) >= 11 is 0. The Balaban J connectivity index is 1.55. The zero-order valence-corrected chi connectivity index (χ0v) is 18.9. The Labute approximate surface area is 189 Å². The van der Waals surface area contributed by atoms with Crippen molar-refractivity contribution in [2.24, 2.45) is 0 Å². The zero-order chi connectivity index (χ0) is 22.7. The molecule has 0 aliphatic carbocycles. The highest BCUT2D eigenvalue weighted by molar-refractivity contribution is 5.92. The fraction of sp³-hybridized carbons (Fsp3) is 0.308. The Morgan fingerprint density at radius 1 is 1.03 bits per heavy atom. The van der Waals surface area contributed by atoms with E-state index in [1.54, 1.807) is 4.90 Å². The molecule has 3 aromatic rings. The van der Waals surface area contributed by atoms with Gasteiger partial charge in [0.1, 0.15) is 6.54 Å². The number of amides is 3. The van der Waals surface area contributed by atoms with E-state index in [1.807, 2.05) is 74.2 Å². The molecule has 0 saturated carbocycles. The molecule has 3 amide bonds. The number of urea groups is 1. The highest BCUT2D eigenvalue weighted by Crippen LogP contribution is 2.32. The number of hydrogen-bond acceptors (Lipinski definition) is 2. The van der Waals surface area contributed by atoms with E-state index in [9.17, 15) is 9.59 Å². The Morgan fingerprint density at radius 2 is 1.81 bits per heavy atom. The van der Waals surface area contributed by atoms with Crippen LogP contribution >= 0.6 is 0 Å². The fourth-order valence-corrected chi connectivity index (χ4v) is 4.28. The minimum absolute atomic E-state index is 0.0271. The SMILES string of the molecule is Cc1cccc(NC(=O)N(CC(=O)N2CCn3cccc3C2c2ccccc2)C(C)C)c1. The second-order valence-electron chi connectivity index (χ2n) is 8.55. The van der Waals surface area contributed by atoms with E-state index in [1.165, 1.54) is 0 Å². The average Bonchev–Trinajstić information content (AvgIpc) is 3.26. The minimum Gasteiger partial charge on any atom is -0.348 e. The normalized spacial score (nSPS) is 15.4. The molecule has 1 aromatic heterocycles. The summed E-state index contributed by atoms with van der Waals surface area (Å²) in [5.41, 5.74) is 3.96. The fourth-order valence-electron chi connectivity index (χ4n) is 4.28. The average molecular weight is 431 g/mol. The zero-order valence-electron chi connectivity index (χ0n) is 18.9. The molecule has 4 rings (SSSR count). The van der Waals surface area contributed by atoms with Gasteiger partial charge < -0.3 is 19.7 Å². The van der Waals surface area contributed by atoms with Gasteiger partial charge >= 0.3 is 6.03 Å². The smallest absolute Gasteiger partial charge is 0.322 e. The number of anilines is 1. The molecular formula is C26H30N4O2. The maximum absolute atomic E-state index is 13.5. The molecule has 166 valence electrons. The summed E-state index contributed by atoms with van der Waals surface area (Å²) in [6.07, 6.45) is 2.06. The van der Waals surface area contributed by atoms with Gasteiger partial charge in [0.15, 0.2) is 0 Å². The van der Waals surface area contributed by atoms with Crippen LogP contribution in [0.5, 0.6) is 0 Å². The highest BCUT2D eigenvalue weighted by Gasteiger charge is 2.33. The predicted octanol–water partition coefficient (Wildman–Crippen LogP) is 4.67. The number of hydrogen-bond donors (Lipinski definition) is 1. The monoisotopic (exact) mass is 430 g/mol.